The van der Waals surface area contributed by atoms with Gasteiger partial charge in [0.15, 0.2) is 0 Å². The van der Waals surface area contributed by atoms with Gasteiger partial charge in [-0.2, -0.15) is 0 Å². The van der Waals surface area contributed by atoms with Crippen molar-refractivity contribution in [1.29, 1.82) is 0 Å². The number of pyridine rings is 2. The fourth-order valence-corrected chi connectivity index (χ4v) is 8.41. The van der Waals surface area contributed by atoms with E-state index >= 15 is 0 Å². The largest absolute Gasteiger partial charge is 0.309 e. The summed E-state index contributed by atoms with van der Waals surface area (Å²) in [5.41, 5.74) is 15.2. The third kappa shape index (κ3) is 5.23. The smallest absolute Gasteiger partial charge is 0.145 e. The minimum Gasteiger partial charge on any atom is -0.309 e. The molecule has 4 nitrogen and oxygen atoms in total. The first-order valence-corrected chi connectivity index (χ1v) is 19.0. The molecule has 0 amide bonds. The van der Waals surface area contributed by atoms with Gasteiger partial charge >= 0.3 is 0 Å². The molecular formula is C52H34N4. The van der Waals surface area contributed by atoms with E-state index in [9.17, 15) is 0 Å². The average molecular weight is 715 g/mol. The second-order valence-corrected chi connectivity index (χ2v) is 14.2. The molecule has 0 aliphatic heterocycles. The van der Waals surface area contributed by atoms with E-state index < -0.39 is 0 Å². The van der Waals surface area contributed by atoms with Gasteiger partial charge in [0, 0.05) is 55.8 Å². The van der Waals surface area contributed by atoms with Crippen molar-refractivity contribution in [3.63, 3.8) is 0 Å². The molecule has 56 heavy (non-hydrogen) atoms. The van der Waals surface area contributed by atoms with Crippen molar-refractivity contribution in [2.24, 2.45) is 0 Å². The van der Waals surface area contributed by atoms with Crippen molar-refractivity contribution in [2.45, 2.75) is 0 Å². The summed E-state index contributed by atoms with van der Waals surface area (Å²) in [4.78, 5) is 10.1. The summed E-state index contributed by atoms with van der Waals surface area (Å²) in [5.74, 6) is 0. The average Bonchev–Trinajstić information content (AvgIpc) is 3.80. The Morgan fingerprint density at radius 2 is 0.964 bits per heavy atom. The lowest BCUT2D eigenvalue weighted by Crippen LogP contribution is -1.97. The Balaban J connectivity index is 1.13. The number of nitrogens with zero attached hydrogens (tertiary/aromatic N) is 4. The van der Waals surface area contributed by atoms with Crippen LogP contribution in [0.15, 0.2) is 206 Å². The molecule has 0 saturated heterocycles. The molecule has 0 spiro atoms. The fourth-order valence-electron chi connectivity index (χ4n) is 8.41. The summed E-state index contributed by atoms with van der Waals surface area (Å²) >= 11 is 0. The van der Waals surface area contributed by atoms with Crippen LogP contribution >= 0.6 is 0 Å². The van der Waals surface area contributed by atoms with E-state index in [0.717, 1.165) is 72.6 Å². The monoisotopic (exact) mass is 714 g/mol. The molecule has 0 unspecified atom stereocenters. The van der Waals surface area contributed by atoms with Gasteiger partial charge < -0.3 is 4.57 Å². The summed E-state index contributed by atoms with van der Waals surface area (Å²) in [6, 6.07) is 71.3. The van der Waals surface area contributed by atoms with Gasteiger partial charge in [0.25, 0.3) is 0 Å². The van der Waals surface area contributed by atoms with E-state index in [-0.39, 0.29) is 0 Å². The SMILES string of the molecule is c1ccc(-c2cc(-c3ccccc3)nc(-c3cccc(-n4c5ccccc5c5cccc(-c6ccc7c8cccnc8n(-c8ccccc8)c7c6)c54)c3)c2)cc1. The van der Waals surface area contributed by atoms with Gasteiger partial charge in [-0.1, -0.05) is 140 Å². The van der Waals surface area contributed by atoms with Crippen LogP contribution in [-0.4, -0.2) is 19.1 Å². The Morgan fingerprint density at radius 1 is 0.339 bits per heavy atom. The number of aromatic nitrogens is 4. The molecular weight excluding hydrogens is 681 g/mol. The van der Waals surface area contributed by atoms with Crippen molar-refractivity contribution in [3.05, 3.63) is 206 Å². The Kier molecular flexibility index (Phi) is 7.46. The molecule has 7 aromatic carbocycles. The van der Waals surface area contributed by atoms with Crippen LogP contribution in [0.4, 0.5) is 0 Å². The minimum atomic E-state index is 0.931. The second-order valence-electron chi connectivity index (χ2n) is 14.2. The van der Waals surface area contributed by atoms with Gasteiger partial charge in [0.2, 0.25) is 0 Å². The Hall–Kier alpha value is -7.56. The second kappa shape index (κ2) is 13.1. The van der Waals surface area contributed by atoms with Crippen LogP contribution in [0.1, 0.15) is 0 Å². The molecule has 0 atom stereocenters. The van der Waals surface area contributed by atoms with Crippen molar-refractivity contribution in [3.8, 4) is 56.1 Å². The molecule has 0 aliphatic rings. The predicted octanol–water partition coefficient (Wildman–Crippen LogP) is 13.3. The number of para-hydroxylation sites is 3. The topological polar surface area (TPSA) is 35.6 Å². The van der Waals surface area contributed by atoms with Gasteiger partial charge in [0.1, 0.15) is 5.65 Å². The molecule has 0 aliphatic carbocycles. The molecule has 4 heteroatoms. The van der Waals surface area contributed by atoms with Crippen LogP contribution in [-0.2, 0) is 0 Å². The van der Waals surface area contributed by atoms with E-state index in [4.69, 9.17) is 9.97 Å². The number of hydrogen-bond donors (Lipinski definition) is 0. The zero-order valence-electron chi connectivity index (χ0n) is 30.4. The van der Waals surface area contributed by atoms with E-state index in [1.165, 1.54) is 27.2 Å². The molecule has 0 radical (unpaired) electrons. The summed E-state index contributed by atoms with van der Waals surface area (Å²) in [5, 5.41) is 4.75. The van der Waals surface area contributed by atoms with Crippen LogP contribution in [0.5, 0.6) is 0 Å². The molecule has 4 aromatic heterocycles. The van der Waals surface area contributed by atoms with E-state index in [1.807, 2.05) is 18.3 Å². The molecule has 11 rings (SSSR count). The van der Waals surface area contributed by atoms with Gasteiger partial charge in [0.05, 0.1) is 27.9 Å². The first kappa shape index (κ1) is 31.9. The molecule has 11 aromatic rings. The highest BCUT2D eigenvalue weighted by molar-refractivity contribution is 6.15. The van der Waals surface area contributed by atoms with Gasteiger partial charge in [-0.3, -0.25) is 4.57 Å². The van der Waals surface area contributed by atoms with Crippen molar-refractivity contribution in [1.82, 2.24) is 19.1 Å². The first-order valence-electron chi connectivity index (χ1n) is 19.0. The lowest BCUT2D eigenvalue weighted by atomic mass is 9.99. The van der Waals surface area contributed by atoms with Gasteiger partial charge in [-0.15, -0.1) is 0 Å². The minimum absolute atomic E-state index is 0.931. The maximum absolute atomic E-state index is 5.28. The summed E-state index contributed by atoms with van der Waals surface area (Å²) in [7, 11) is 0. The molecule has 0 bridgehead atoms. The van der Waals surface area contributed by atoms with E-state index in [0.29, 0.717) is 0 Å². The number of benzene rings is 7. The number of rotatable bonds is 6. The zero-order valence-corrected chi connectivity index (χ0v) is 30.4. The van der Waals surface area contributed by atoms with Crippen LogP contribution in [0.25, 0.3) is 99.9 Å². The predicted molar refractivity (Wildman–Crippen MR) is 232 cm³/mol. The normalized spacial score (nSPS) is 11.6. The standard InChI is InChI=1S/C52H34N4/c1-4-15-35(16-5-1)39-32-47(36-17-6-2-7-18-36)54-48(33-39)38-19-12-22-41(31-38)55-49-27-11-10-23-43(49)45-25-13-24-42(51(45)55)37-28-29-44-46-26-14-30-53-52(46)56(50(44)34-37)40-20-8-3-9-21-40/h1-34H. The molecule has 0 N–H and O–H groups in total. The molecule has 0 fully saturated rings. The maximum Gasteiger partial charge on any atom is 0.145 e. The van der Waals surface area contributed by atoms with Crippen LogP contribution < -0.4 is 0 Å². The Morgan fingerprint density at radius 3 is 1.79 bits per heavy atom. The third-order valence-corrected chi connectivity index (χ3v) is 10.9. The van der Waals surface area contributed by atoms with Crippen molar-refractivity contribution in [2.75, 3.05) is 0 Å². The molecule has 0 saturated carbocycles. The quantitative estimate of drug-likeness (QED) is 0.172. The third-order valence-electron chi connectivity index (χ3n) is 10.9. The zero-order chi connectivity index (χ0) is 37.0. The lowest BCUT2D eigenvalue weighted by molar-refractivity contribution is 1.14. The first-order chi connectivity index (χ1) is 27.8. The van der Waals surface area contributed by atoms with Crippen LogP contribution in [0.3, 0.4) is 0 Å². The number of fused-ring (bicyclic) bond motifs is 6. The van der Waals surface area contributed by atoms with Crippen molar-refractivity contribution >= 4 is 43.7 Å². The maximum atomic E-state index is 5.28. The van der Waals surface area contributed by atoms with E-state index in [2.05, 4.69) is 197 Å². The molecule has 4 heterocycles. The summed E-state index contributed by atoms with van der Waals surface area (Å²) in [6.45, 7) is 0. The Labute approximate surface area is 324 Å². The lowest BCUT2D eigenvalue weighted by Gasteiger charge is -2.14. The fraction of sp³-hybridized carbons (Fsp3) is 0. The van der Waals surface area contributed by atoms with Crippen LogP contribution in [0, 0.1) is 0 Å². The molecule has 262 valence electrons. The highest BCUT2D eigenvalue weighted by atomic mass is 15.0. The van der Waals surface area contributed by atoms with E-state index in [1.54, 1.807) is 0 Å². The highest BCUT2D eigenvalue weighted by Gasteiger charge is 2.19. The summed E-state index contributed by atoms with van der Waals surface area (Å²) in [6.07, 6.45) is 1.88. The van der Waals surface area contributed by atoms with Crippen molar-refractivity contribution < 1.29 is 0 Å². The van der Waals surface area contributed by atoms with Gasteiger partial charge in [-0.25, -0.2) is 9.97 Å². The Bertz CT molecular complexity index is 3170. The van der Waals surface area contributed by atoms with Crippen LogP contribution in [0.2, 0.25) is 0 Å². The van der Waals surface area contributed by atoms with Gasteiger partial charge in [-0.05, 0) is 77.4 Å². The summed E-state index contributed by atoms with van der Waals surface area (Å²) < 4.78 is 4.72. The highest BCUT2D eigenvalue weighted by Crippen LogP contribution is 2.41. The number of hydrogen-bond acceptors (Lipinski definition) is 2.